The molecule has 2 unspecified atom stereocenters. The van der Waals surface area contributed by atoms with Crippen LogP contribution in [0.2, 0.25) is 0 Å². The highest BCUT2D eigenvalue weighted by Crippen LogP contribution is 2.17. The van der Waals surface area contributed by atoms with Gasteiger partial charge >= 0.3 is 0 Å². The maximum atomic E-state index is 3.68. The van der Waals surface area contributed by atoms with Gasteiger partial charge in [-0.05, 0) is 56.8 Å². The fraction of sp³-hybridized carbons (Fsp3) is 0.647. The Morgan fingerprint density at radius 2 is 2.21 bits per heavy atom. The highest BCUT2D eigenvalue weighted by Gasteiger charge is 2.14. The lowest BCUT2D eigenvalue weighted by Crippen LogP contribution is -2.33. The van der Waals surface area contributed by atoms with Crippen LogP contribution in [0.4, 0.5) is 5.69 Å². The predicted molar refractivity (Wildman–Crippen MR) is 83.8 cm³/mol. The number of hydrogen-bond donors (Lipinski definition) is 2. The monoisotopic (exact) mass is 260 g/mol. The highest BCUT2D eigenvalue weighted by molar-refractivity contribution is 5.46. The van der Waals surface area contributed by atoms with Gasteiger partial charge < -0.3 is 10.6 Å². The van der Waals surface area contributed by atoms with Crippen molar-refractivity contribution in [3.8, 4) is 0 Å². The first-order chi connectivity index (χ1) is 9.28. The second-order valence-electron chi connectivity index (χ2n) is 5.84. The largest absolute Gasteiger partial charge is 0.383 e. The Morgan fingerprint density at radius 3 is 3.05 bits per heavy atom. The van der Waals surface area contributed by atoms with Gasteiger partial charge in [0.1, 0.15) is 0 Å². The van der Waals surface area contributed by atoms with Crippen LogP contribution in [0.5, 0.6) is 0 Å². The molecule has 1 aromatic carbocycles. The molecule has 1 aliphatic heterocycles. The molecule has 1 aromatic rings. The summed E-state index contributed by atoms with van der Waals surface area (Å²) in [5.41, 5.74) is 2.67. The molecular weight excluding hydrogens is 232 g/mol. The minimum atomic E-state index is 0.530. The van der Waals surface area contributed by atoms with Crippen LogP contribution in [0.3, 0.4) is 0 Å². The Bertz CT molecular complexity index is 367. The van der Waals surface area contributed by atoms with E-state index in [1.165, 1.54) is 49.9 Å². The van der Waals surface area contributed by atoms with E-state index in [9.17, 15) is 0 Å². The van der Waals surface area contributed by atoms with E-state index < -0.39 is 0 Å². The summed E-state index contributed by atoms with van der Waals surface area (Å²) in [6.45, 7) is 5.70. The number of nitrogens with one attached hydrogen (secondary N) is 2. The Labute approximate surface area is 118 Å². The van der Waals surface area contributed by atoms with Gasteiger partial charge in [0.2, 0.25) is 0 Å². The van der Waals surface area contributed by atoms with Gasteiger partial charge in [-0.25, -0.2) is 0 Å². The second-order valence-corrected chi connectivity index (χ2v) is 5.84. The fourth-order valence-corrected chi connectivity index (χ4v) is 2.95. The Balaban J connectivity index is 1.83. The van der Waals surface area contributed by atoms with Gasteiger partial charge in [-0.1, -0.05) is 31.9 Å². The van der Waals surface area contributed by atoms with E-state index in [0.29, 0.717) is 12.1 Å². The Kier molecular flexibility index (Phi) is 5.71. The summed E-state index contributed by atoms with van der Waals surface area (Å²) in [4.78, 5) is 0. The van der Waals surface area contributed by atoms with Crippen LogP contribution < -0.4 is 10.6 Å². The van der Waals surface area contributed by atoms with E-state index in [4.69, 9.17) is 0 Å². The van der Waals surface area contributed by atoms with Crippen molar-refractivity contribution in [2.75, 3.05) is 11.9 Å². The van der Waals surface area contributed by atoms with Gasteiger partial charge in [0.15, 0.2) is 0 Å². The lowest BCUT2D eigenvalue weighted by molar-refractivity contribution is 0.456. The molecular formula is C17H28N2. The molecule has 1 fully saturated rings. The number of hydrogen-bond acceptors (Lipinski definition) is 2. The van der Waals surface area contributed by atoms with Crippen molar-refractivity contribution >= 4 is 5.69 Å². The SMILES string of the molecule is CCc1cccc(NC(C)CC2CCCCCN2)c1. The summed E-state index contributed by atoms with van der Waals surface area (Å²) < 4.78 is 0. The molecule has 1 heterocycles. The lowest BCUT2D eigenvalue weighted by atomic mass is 10.0. The quantitative estimate of drug-likeness (QED) is 0.837. The van der Waals surface area contributed by atoms with Crippen molar-refractivity contribution in [3.05, 3.63) is 29.8 Å². The predicted octanol–water partition coefficient (Wildman–Crippen LogP) is 3.97. The molecule has 0 amide bonds. The normalized spacial score (nSPS) is 21.7. The zero-order valence-electron chi connectivity index (χ0n) is 12.4. The summed E-state index contributed by atoms with van der Waals surface area (Å²) in [6, 6.07) is 10.0. The molecule has 2 atom stereocenters. The molecule has 2 N–H and O–H groups in total. The molecule has 2 rings (SSSR count). The van der Waals surface area contributed by atoms with E-state index in [0.717, 1.165) is 6.42 Å². The first-order valence-electron chi connectivity index (χ1n) is 7.87. The van der Waals surface area contributed by atoms with Crippen LogP contribution in [0.1, 0.15) is 51.5 Å². The molecule has 0 saturated carbocycles. The van der Waals surface area contributed by atoms with Crippen molar-refractivity contribution in [1.29, 1.82) is 0 Å². The Morgan fingerprint density at radius 1 is 1.32 bits per heavy atom. The maximum Gasteiger partial charge on any atom is 0.0344 e. The first kappa shape index (κ1) is 14.4. The van der Waals surface area contributed by atoms with Crippen LogP contribution in [0.25, 0.3) is 0 Å². The molecule has 2 heteroatoms. The zero-order chi connectivity index (χ0) is 13.5. The summed E-state index contributed by atoms with van der Waals surface area (Å²) in [5.74, 6) is 0. The van der Waals surface area contributed by atoms with Gasteiger partial charge in [0, 0.05) is 17.8 Å². The zero-order valence-corrected chi connectivity index (χ0v) is 12.4. The lowest BCUT2D eigenvalue weighted by Gasteiger charge is -2.22. The standard InChI is InChI=1S/C17H28N2/c1-3-15-8-7-10-17(13-15)19-14(2)12-16-9-5-4-6-11-18-16/h7-8,10,13-14,16,18-19H,3-6,9,11-12H2,1-2H3. The van der Waals surface area contributed by atoms with Gasteiger partial charge in [-0.15, -0.1) is 0 Å². The van der Waals surface area contributed by atoms with Crippen molar-refractivity contribution in [3.63, 3.8) is 0 Å². The molecule has 19 heavy (non-hydrogen) atoms. The third-order valence-corrected chi connectivity index (χ3v) is 4.05. The average molecular weight is 260 g/mol. The molecule has 2 nitrogen and oxygen atoms in total. The average Bonchev–Trinajstić information content (AvgIpc) is 2.67. The third kappa shape index (κ3) is 4.87. The topological polar surface area (TPSA) is 24.1 Å². The maximum absolute atomic E-state index is 3.68. The number of anilines is 1. The molecule has 106 valence electrons. The summed E-state index contributed by atoms with van der Waals surface area (Å²) in [5, 5.41) is 7.33. The van der Waals surface area contributed by atoms with Gasteiger partial charge in [0.25, 0.3) is 0 Å². The van der Waals surface area contributed by atoms with E-state index >= 15 is 0 Å². The van der Waals surface area contributed by atoms with Crippen LogP contribution in [-0.4, -0.2) is 18.6 Å². The third-order valence-electron chi connectivity index (χ3n) is 4.05. The van der Waals surface area contributed by atoms with Crippen LogP contribution in [0, 0.1) is 0 Å². The number of rotatable bonds is 5. The molecule has 0 aliphatic carbocycles. The summed E-state index contributed by atoms with van der Waals surface area (Å²) >= 11 is 0. The van der Waals surface area contributed by atoms with E-state index in [1.807, 2.05) is 0 Å². The van der Waals surface area contributed by atoms with E-state index in [-0.39, 0.29) is 0 Å². The fourth-order valence-electron chi connectivity index (χ4n) is 2.95. The summed E-state index contributed by atoms with van der Waals surface area (Å²) in [7, 11) is 0. The van der Waals surface area contributed by atoms with Gasteiger partial charge in [-0.3, -0.25) is 0 Å². The molecule has 0 aromatic heterocycles. The van der Waals surface area contributed by atoms with Gasteiger partial charge in [0.05, 0.1) is 0 Å². The molecule has 1 aliphatic rings. The Hall–Kier alpha value is -1.02. The minimum absolute atomic E-state index is 0.530. The first-order valence-corrected chi connectivity index (χ1v) is 7.87. The number of benzene rings is 1. The van der Waals surface area contributed by atoms with Crippen molar-refractivity contribution in [1.82, 2.24) is 5.32 Å². The second kappa shape index (κ2) is 7.54. The van der Waals surface area contributed by atoms with Crippen LogP contribution in [-0.2, 0) is 6.42 Å². The van der Waals surface area contributed by atoms with Crippen molar-refractivity contribution in [2.24, 2.45) is 0 Å². The van der Waals surface area contributed by atoms with Crippen LogP contribution >= 0.6 is 0 Å². The van der Waals surface area contributed by atoms with E-state index in [1.54, 1.807) is 0 Å². The number of aryl methyl sites for hydroxylation is 1. The van der Waals surface area contributed by atoms with Crippen molar-refractivity contribution in [2.45, 2.75) is 64.5 Å². The van der Waals surface area contributed by atoms with Crippen LogP contribution in [0.15, 0.2) is 24.3 Å². The molecule has 1 saturated heterocycles. The molecule has 0 spiro atoms. The highest BCUT2D eigenvalue weighted by atomic mass is 15.0. The minimum Gasteiger partial charge on any atom is -0.383 e. The smallest absolute Gasteiger partial charge is 0.0344 e. The van der Waals surface area contributed by atoms with Crippen molar-refractivity contribution < 1.29 is 0 Å². The molecule has 0 bridgehead atoms. The van der Waals surface area contributed by atoms with E-state index in [2.05, 4.69) is 48.7 Å². The molecule has 0 radical (unpaired) electrons. The van der Waals surface area contributed by atoms with Gasteiger partial charge in [-0.2, -0.15) is 0 Å². The summed E-state index contributed by atoms with van der Waals surface area (Å²) in [6.07, 6.45) is 7.78.